The Bertz CT molecular complexity index is 1160. The van der Waals surface area contributed by atoms with Gasteiger partial charge in [-0.15, -0.1) is 21.5 Å². The maximum absolute atomic E-state index is 13.0. The predicted molar refractivity (Wildman–Crippen MR) is 125 cm³/mol. The van der Waals surface area contributed by atoms with E-state index in [9.17, 15) is 8.42 Å². The second-order valence-corrected chi connectivity index (χ2v) is 11.5. The van der Waals surface area contributed by atoms with Gasteiger partial charge in [-0.3, -0.25) is 0 Å². The molecule has 0 radical (unpaired) electrons. The molecule has 3 aromatic rings. The molecule has 5 rings (SSSR count). The van der Waals surface area contributed by atoms with Crippen molar-refractivity contribution in [2.24, 2.45) is 0 Å². The van der Waals surface area contributed by atoms with Gasteiger partial charge in [-0.1, -0.05) is 31.4 Å². The first-order valence-corrected chi connectivity index (χ1v) is 13.9. The Hall–Kier alpha value is -2.10. The van der Waals surface area contributed by atoms with Crippen LogP contribution in [0.15, 0.2) is 34.5 Å². The zero-order valence-electron chi connectivity index (χ0n) is 18.2. The molecular formula is C23H29N5O2S2. The maximum atomic E-state index is 13.0. The van der Waals surface area contributed by atoms with E-state index in [0.29, 0.717) is 24.4 Å². The minimum atomic E-state index is -3.43. The normalized spacial score (nSPS) is 18.1. The molecule has 32 heavy (non-hydrogen) atoms. The Morgan fingerprint density at radius 2 is 1.59 bits per heavy atom. The molecule has 4 heterocycles. The first kappa shape index (κ1) is 21.7. The third-order valence-corrected chi connectivity index (χ3v) is 9.16. The van der Waals surface area contributed by atoms with Gasteiger partial charge in [0.2, 0.25) is 10.0 Å². The Balaban J connectivity index is 1.31. The molecule has 7 nitrogen and oxygen atoms in total. The fourth-order valence-electron chi connectivity index (χ4n) is 4.56. The summed E-state index contributed by atoms with van der Waals surface area (Å²) in [6.45, 7) is 2.22. The molecule has 2 aliphatic rings. The highest BCUT2D eigenvalue weighted by molar-refractivity contribution is 7.89. The molecule has 170 valence electrons. The lowest BCUT2D eigenvalue weighted by Gasteiger charge is -2.19. The number of hydrogen-bond acceptors (Lipinski definition) is 6. The van der Waals surface area contributed by atoms with E-state index in [1.54, 1.807) is 27.8 Å². The summed E-state index contributed by atoms with van der Waals surface area (Å²) in [5.74, 6) is 2.08. The van der Waals surface area contributed by atoms with Gasteiger partial charge in [0.1, 0.15) is 16.7 Å². The molecule has 2 aromatic heterocycles. The summed E-state index contributed by atoms with van der Waals surface area (Å²) in [5.41, 5.74) is 1.81. The standard InChI is InChI=1S/C23H29N5O2S2/c29-32(30,27-13-5-1-2-6-14-27)19-11-9-18(10-12-19)20-17-31-23(24-20)16-22-26-25-21-8-4-3-7-15-28(21)22/h9-12,17H,1-8,13-16H2. The van der Waals surface area contributed by atoms with Crippen molar-refractivity contribution in [1.82, 2.24) is 24.1 Å². The van der Waals surface area contributed by atoms with Crippen LogP contribution in [-0.2, 0) is 29.4 Å². The second-order valence-electron chi connectivity index (χ2n) is 8.64. The number of fused-ring (bicyclic) bond motifs is 1. The van der Waals surface area contributed by atoms with Gasteiger partial charge in [0, 0.05) is 37.0 Å². The van der Waals surface area contributed by atoms with E-state index in [-0.39, 0.29) is 0 Å². The SMILES string of the molecule is O=S(=O)(c1ccc(-c2csc(Cc3nnc4n3CCCCC4)n2)cc1)N1CCCCCC1. The quantitative estimate of drug-likeness (QED) is 0.555. The van der Waals surface area contributed by atoms with E-state index in [4.69, 9.17) is 4.98 Å². The van der Waals surface area contributed by atoms with Crippen LogP contribution in [0, 0.1) is 0 Å². The van der Waals surface area contributed by atoms with Crippen molar-refractivity contribution in [3.05, 3.63) is 46.3 Å². The van der Waals surface area contributed by atoms with Crippen LogP contribution >= 0.6 is 11.3 Å². The average Bonchev–Trinajstić information content (AvgIpc) is 3.20. The molecule has 2 aliphatic heterocycles. The number of aryl methyl sites for hydroxylation is 1. The largest absolute Gasteiger partial charge is 0.315 e. The van der Waals surface area contributed by atoms with E-state index in [1.165, 1.54) is 19.3 Å². The van der Waals surface area contributed by atoms with Crippen LogP contribution in [0.5, 0.6) is 0 Å². The molecule has 0 amide bonds. The third kappa shape index (κ3) is 4.51. The molecule has 9 heteroatoms. The van der Waals surface area contributed by atoms with E-state index >= 15 is 0 Å². The molecule has 0 aliphatic carbocycles. The van der Waals surface area contributed by atoms with Gasteiger partial charge in [-0.05, 0) is 37.8 Å². The molecule has 1 fully saturated rings. The summed E-state index contributed by atoms with van der Waals surface area (Å²) in [7, 11) is -3.43. The molecule has 0 unspecified atom stereocenters. The summed E-state index contributed by atoms with van der Waals surface area (Å²) in [6.07, 6.45) is 9.37. The second kappa shape index (κ2) is 9.41. The van der Waals surface area contributed by atoms with E-state index < -0.39 is 10.0 Å². The van der Waals surface area contributed by atoms with Crippen molar-refractivity contribution in [3.63, 3.8) is 0 Å². The Kier molecular flexibility index (Phi) is 6.39. The lowest BCUT2D eigenvalue weighted by atomic mass is 10.2. The Labute approximate surface area is 193 Å². The van der Waals surface area contributed by atoms with Crippen LogP contribution in [0.1, 0.15) is 61.6 Å². The first-order valence-electron chi connectivity index (χ1n) is 11.6. The topological polar surface area (TPSA) is 81.0 Å². The summed E-state index contributed by atoms with van der Waals surface area (Å²) in [4.78, 5) is 5.16. The van der Waals surface area contributed by atoms with Gasteiger partial charge in [0.05, 0.1) is 17.0 Å². The Morgan fingerprint density at radius 1 is 0.875 bits per heavy atom. The van der Waals surface area contributed by atoms with E-state index in [0.717, 1.165) is 66.6 Å². The van der Waals surface area contributed by atoms with Crippen molar-refractivity contribution in [2.45, 2.75) is 69.2 Å². The molecular weight excluding hydrogens is 442 g/mol. The van der Waals surface area contributed by atoms with Crippen LogP contribution in [0.25, 0.3) is 11.3 Å². The maximum Gasteiger partial charge on any atom is 0.243 e. The zero-order valence-corrected chi connectivity index (χ0v) is 19.9. The first-order chi connectivity index (χ1) is 15.6. The number of thiazole rings is 1. The van der Waals surface area contributed by atoms with Gasteiger partial charge in [0.25, 0.3) is 0 Å². The zero-order chi connectivity index (χ0) is 22.0. The average molecular weight is 472 g/mol. The highest BCUT2D eigenvalue weighted by Gasteiger charge is 2.25. The molecule has 1 saturated heterocycles. The van der Waals surface area contributed by atoms with Gasteiger partial charge in [-0.25, -0.2) is 13.4 Å². The molecule has 0 atom stereocenters. The van der Waals surface area contributed by atoms with Gasteiger partial charge in [0.15, 0.2) is 0 Å². The van der Waals surface area contributed by atoms with Crippen LogP contribution in [0.4, 0.5) is 0 Å². The molecule has 0 N–H and O–H groups in total. The third-order valence-electron chi connectivity index (χ3n) is 6.40. The van der Waals surface area contributed by atoms with Crippen molar-refractivity contribution in [3.8, 4) is 11.3 Å². The number of nitrogens with zero attached hydrogens (tertiary/aromatic N) is 5. The van der Waals surface area contributed by atoms with Crippen LogP contribution in [0.2, 0.25) is 0 Å². The molecule has 1 aromatic carbocycles. The molecule has 0 spiro atoms. The fourth-order valence-corrected chi connectivity index (χ4v) is 6.88. The van der Waals surface area contributed by atoms with Crippen LogP contribution in [-0.4, -0.2) is 45.6 Å². The highest BCUT2D eigenvalue weighted by atomic mass is 32.2. The lowest BCUT2D eigenvalue weighted by Crippen LogP contribution is -2.31. The summed E-state index contributed by atoms with van der Waals surface area (Å²) < 4.78 is 29.9. The summed E-state index contributed by atoms with van der Waals surface area (Å²) >= 11 is 1.61. The molecule has 0 saturated carbocycles. The molecule has 0 bridgehead atoms. The van der Waals surface area contributed by atoms with Crippen molar-refractivity contribution < 1.29 is 8.42 Å². The van der Waals surface area contributed by atoms with Gasteiger partial charge >= 0.3 is 0 Å². The van der Waals surface area contributed by atoms with Crippen molar-refractivity contribution in [1.29, 1.82) is 0 Å². The van der Waals surface area contributed by atoms with E-state index in [1.807, 2.05) is 17.5 Å². The lowest BCUT2D eigenvalue weighted by molar-refractivity contribution is 0.424. The number of rotatable bonds is 5. The summed E-state index contributed by atoms with van der Waals surface area (Å²) in [6, 6.07) is 7.17. The number of hydrogen-bond donors (Lipinski definition) is 0. The number of benzene rings is 1. The fraction of sp³-hybridized carbons (Fsp3) is 0.522. The number of aromatic nitrogens is 4. The highest BCUT2D eigenvalue weighted by Crippen LogP contribution is 2.27. The monoisotopic (exact) mass is 471 g/mol. The number of sulfonamides is 1. The van der Waals surface area contributed by atoms with Crippen molar-refractivity contribution >= 4 is 21.4 Å². The summed E-state index contributed by atoms with van der Waals surface area (Å²) in [5, 5.41) is 11.8. The van der Waals surface area contributed by atoms with Gasteiger partial charge in [-0.2, -0.15) is 4.31 Å². The van der Waals surface area contributed by atoms with Crippen molar-refractivity contribution in [2.75, 3.05) is 13.1 Å². The van der Waals surface area contributed by atoms with E-state index in [2.05, 4.69) is 14.8 Å². The van der Waals surface area contributed by atoms with Gasteiger partial charge < -0.3 is 4.57 Å². The smallest absolute Gasteiger partial charge is 0.243 e. The van der Waals surface area contributed by atoms with Crippen LogP contribution < -0.4 is 0 Å². The Morgan fingerprint density at radius 3 is 2.38 bits per heavy atom. The minimum absolute atomic E-state index is 0.366. The predicted octanol–water partition coefficient (Wildman–Crippen LogP) is 4.28. The van der Waals surface area contributed by atoms with Crippen LogP contribution in [0.3, 0.4) is 0 Å². The minimum Gasteiger partial charge on any atom is -0.315 e.